The van der Waals surface area contributed by atoms with Gasteiger partial charge in [-0.3, -0.25) is 0 Å². The quantitative estimate of drug-likeness (QED) is 0.238. The van der Waals surface area contributed by atoms with Crippen LogP contribution in [0.2, 0.25) is 0 Å². The Balaban J connectivity index is 1.73. The van der Waals surface area contributed by atoms with E-state index in [1.54, 1.807) is 0 Å². The highest BCUT2D eigenvalue weighted by molar-refractivity contribution is 6.04. The molecule has 3 nitrogen and oxygen atoms in total. The predicted molar refractivity (Wildman–Crippen MR) is 174 cm³/mol. The molecule has 4 aromatic rings. The first-order valence-corrected chi connectivity index (χ1v) is 13.7. The maximum absolute atomic E-state index is 2.35. The van der Waals surface area contributed by atoms with Gasteiger partial charge in [-0.05, 0) is 87.0 Å². The summed E-state index contributed by atoms with van der Waals surface area (Å²) in [6.07, 6.45) is 8.88. The van der Waals surface area contributed by atoms with Gasteiger partial charge in [0, 0.05) is 51.7 Å². The minimum atomic E-state index is 1.19. The monoisotopic (exact) mass is 524 g/mol. The van der Waals surface area contributed by atoms with Gasteiger partial charge in [0.25, 0.3) is 0 Å². The molecule has 1 aliphatic carbocycles. The lowest BCUT2D eigenvalue weighted by atomic mass is 9.85. The Morgan fingerprint density at radius 1 is 0.550 bits per heavy atom. The molecule has 0 fully saturated rings. The minimum Gasteiger partial charge on any atom is -0.378 e. The number of benzene rings is 4. The number of hydrogen-bond acceptors (Lipinski definition) is 2. The second-order valence-corrected chi connectivity index (χ2v) is 10.8. The molecular weight excluding hydrogens is 486 g/mol. The van der Waals surface area contributed by atoms with Crippen molar-refractivity contribution in [2.45, 2.75) is 0 Å². The molecule has 3 heteroatoms. The summed E-state index contributed by atoms with van der Waals surface area (Å²) in [5.41, 5.74) is 13.2. The van der Waals surface area contributed by atoms with Crippen molar-refractivity contribution in [3.05, 3.63) is 138 Å². The Labute approximate surface area is 239 Å². The van der Waals surface area contributed by atoms with Gasteiger partial charge in [0.1, 0.15) is 14.1 Å². The fourth-order valence-corrected chi connectivity index (χ4v) is 5.08. The van der Waals surface area contributed by atoms with Crippen molar-refractivity contribution in [1.29, 1.82) is 0 Å². The molecule has 4 aromatic carbocycles. The molecule has 0 amide bonds. The molecule has 0 saturated heterocycles. The third-order valence-electron chi connectivity index (χ3n) is 7.44. The normalized spacial score (nSPS) is 12.4. The molecule has 0 bridgehead atoms. The lowest BCUT2D eigenvalue weighted by Crippen LogP contribution is -2.10. The largest absolute Gasteiger partial charge is 0.378 e. The van der Waals surface area contributed by atoms with Crippen LogP contribution in [0.4, 0.5) is 11.4 Å². The molecule has 0 saturated carbocycles. The third kappa shape index (κ3) is 5.69. The molecule has 0 N–H and O–H groups in total. The molecule has 200 valence electrons. The molecule has 0 radical (unpaired) electrons. The Kier molecular flexibility index (Phi) is 7.84. The van der Waals surface area contributed by atoms with E-state index in [-0.39, 0.29) is 0 Å². The van der Waals surface area contributed by atoms with Crippen LogP contribution in [0.5, 0.6) is 0 Å². The summed E-state index contributed by atoms with van der Waals surface area (Å²) in [4.78, 5) is 4.27. The van der Waals surface area contributed by atoms with Gasteiger partial charge in [0.05, 0.1) is 0 Å². The Hall–Kier alpha value is -4.63. The number of rotatable bonds is 6. The molecule has 0 aliphatic heterocycles. The summed E-state index contributed by atoms with van der Waals surface area (Å²) >= 11 is 0. The fourth-order valence-electron chi connectivity index (χ4n) is 5.08. The van der Waals surface area contributed by atoms with Gasteiger partial charge in [-0.25, -0.2) is 4.58 Å². The van der Waals surface area contributed by atoms with E-state index < -0.39 is 0 Å². The summed E-state index contributed by atoms with van der Waals surface area (Å²) in [6.45, 7) is 0. The molecule has 0 unspecified atom stereocenters. The van der Waals surface area contributed by atoms with Crippen LogP contribution >= 0.6 is 0 Å². The first kappa shape index (κ1) is 27.0. The van der Waals surface area contributed by atoms with Crippen molar-refractivity contribution in [2.75, 3.05) is 52.1 Å². The average Bonchev–Trinajstić information content (AvgIpc) is 2.98. The van der Waals surface area contributed by atoms with Crippen LogP contribution in [0.25, 0.3) is 27.8 Å². The molecule has 0 heterocycles. The van der Waals surface area contributed by atoms with Crippen molar-refractivity contribution in [1.82, 2.24) is 0 Å². The van der Waals surface area contributed by atoms with Crippen LogP contribution in [-0.4, -0.2) is 52.6 Å². The van der Waals surface area contributed by atoms with Crippen molar-refractivity contribution >= 4 is 22.7 Å². The maximum Gasteiger partial charge on any atom is 0.199 e. The third-order valence-corrected chi connectivity index (χ3v) is 7.44. The van der Waals surface area contributed by atoms with E-state index in [0.29, 0.717) is 0 Å². The Morgan fingerprint density at radius 2 is 1.07 bits per heavy atom. The van der Waals surface area contributed by atoms with Gasteiger partial charge < -0.3 is 9.80 Å². The van der Waals surface area contributed by atoms with Crippen LogP contribution in [0.3, 0.4) is 0 Å². The number of hydrogen-bond donors (Lipinski definition) is 0. The Morgan fingerprint density at radius 3 is 1.60 bits per heavy atom. The van der Waals surface area contributed by atoms with Gasteiger partial charge in [0.2, 0.25) is 0 Å². The van der Waals surface area contributed by atoms with E-state index in [0.717, 1.165) is 0 Å². The molecule has 0 atom stereocenters. The molecule has 5 rings (SSSR count). The molecule has 0 spiro atoms. The average molecular weight is 525 g/mol. The van der Waals surface area contributed by atoms with Crippen LogP contribution in [-0.2, 0) is 0 Å². The minimum absolute atomic E-state index is 1.19. The van der Waals surface area contributed by atoms with Crippen LogP contribution in [0.15, 0.2) is 127 Å². The smallest absolute Gasteiger partial charge is 0.199 e. The molecule has 0 aromatic heterocycles. The maximum atomic E-state index is 2.35. The molecular formula is C37H38N3+. The fraction of sp³-hybridized carbons (Fsp3) is 0.162. The highest BCUT2D eigenvalue weighted by atomic mass is 15.1. The van der Waals surface area contributed by atoms with Crippen molar-refractivity contribution in [2.24, 2.45) is 0 Å². The summed E-state index contributed by atoms with van der Waals surface area (Å²) < 4.78 is 2.14. The summed E-state index contributed by atoms with van der Waals surface area (Å²) in [6, 6.07) is 35.3. The predicted octanol–water partition coefficient (Wildman–Crippen LogP) is 7.79. The van der Waals surface area contributed by atoms with E-state index in [1.165, 1.54) is 61.6 Å². The topological polar surface area (TPSA) is 9.49 Å². The zero-order valence-corrected chi connectivity index (χ0v) is 24.4. The van der Waals surface area contributed by atoms with Gasteiger partial charge in [0.15, 0.2) is 5.71 Å². The molecule has 1 aliphatic rings. The highest BCUT2D eigenvalue weighted by Crippen LogP contribution is 2.39. The summed E-state index contributed by atoms with van der Waals surface area (Å²) in [5, 5.41) is 0. The van der Waals surface area contributed by atoms with E-state index in [9.17, 15) is 0 Å². The van der Waals surface area contributed by atoms with E-state index in [4.69, 9.17) is 0 Å². The van der Waals surface area contributed by atoms with Crippen molar-refractivity contribution in [3.8, 4) is 22.3 Å². The first-order valence-electron chi connectivity index (χ1n) is 13.7. The standard InChI is InChI=1S/C37H38N3/c1-38(2)32-19-12-27(13-20-32)31-18-25-35(36(26-31)28-14-21-33(22-15-28)39(3)4)37(29-10-8-7-9-11-29)30-16-23-34(24-17-30)40(5)6/h7-26H,1-6H3/q+1. The van der Waals surface area contributed by atoms with E-state index >= 15 is 0 Å². The van der Waals surface area contributed by atoms with Gasteiger partial charge >= 0.3 is 0 Å². The Bertz CT molecular complexity index is 1590. The lowest BCUT2D eigenvalue weighted by Gasteiger charge is -2.20. The number of anilines is 2. The van der Waals surface area contributed by atoms with Crippen LogP contribution < -0.4 is 9.80 Å². The lowest BCUT2D eigenvalue weighted by molar-refractivity contribution is -0.462. The van der Waals surface area contributed by atoms with Gasteiger partial charge in [-0.2, -0.15) is 0 Å². The second-order valence-electron chi connectivity index (χ2n) is 10.8. The second kappa shape index (κ2) is 11.6. The molecule has 40 heavy (non-hydrogen) atoms. The first-order chi connectivity index (χ1) is 19.3. The van der Waals surface area contributed by atoms with Crippen molar-refractivity contribution in [3.63, 3.8) is 0 Å². The number of allylic oxidation sites excluding steroid dienone is 5. The van der Waals surface area contributed by atoms with Crippen LogP contribution in [0.1, 0.15) is 11.1 Å². The zero-order chi connectivity index (χ0) is 28.2. The van der Waals surface area contributed by atoms with E-state index in [2.05, 4.69) is 178 Å². The van der Waals surface area contributed by atoms with Crippen molar-refractivity contribution < 1.29 is 4.58 Å². The van der Waals surface area contributed by atoms with E-state index in [1.807, 2.05) is 0 Å². The van der Waals surface area contributed by atoms with Gasteiger partial charge in [-0.15, -0.1) is 0 Å². The van der Waals surface area contributed by atoms with Gasteiger partial charge in [-0.1, -0.05) is 66.7 Å². The highest BCUT2D eigenvalue weighted by Gasteiger charge is 2.18. The van der Waals surface area contributed by atoms with Crippen LogP contribution in [0, 0.1) is 0 Å². The zero-order valence-electron chi connectivity index (χ0n) is 24.4. The summed E-state index contributed by atoms with van der Waals surface area (Å²) in [7, 11) is 12.5. The number of nitrogens with zero attached hydrogens (tertiary/aromatic N) is 3. The summed E-state index contributed by atoms with van der Waals surface area (Å²) in [5.74, 6) is 0. The SMILES string of the molecule is CN(C)c1ccc(-c2ccc(C(=C3C=CC(=[N+](C)C)C=C3)c3ccccc3)c(-c3ccc(N(C)C)cc3)c2)cc1.